The van der Waals surface area contributed by atoms with Gasteiger partial charge in [0, 0.05) is 12.2 Å². The van der Waals surface area contributed by atoms with E-state index in [4.69, 9.17) is 16.1 Å². The molecule has 0 unspecified atom stereocenters. The molecule has 1 aromatic carbocycles. The summed E-state index contributed by atoms with van der Waals surface area (Å²) in [5.41, 5.74) is 5.89. The van der Waals surface area contributed by atoms with Gasteiger partial charge in [-0.2, -0.15) is 5.26 Å². The number of anilines is 1. The number of sulfonamides is 1. The molecule has 102 valence electrons. The first-order chi connectivity index (χ1) is 8.92. The fourth-order valence-electron chi connectivity index (χ4n) is 2.04. The van der Waals surface area contributed by atoms with Crippen molar-refractivity contribution in [3.8, 4) is 6.07 Å². The Hall–Kier alpha value is -1.62. The molecule has 1 aromatic rings. The number of hydrogen-bond donors (Lipinski definition) is 3. The van der Waals surface area contributed by atoms with E-state index >= 15 is 0 Å². The van der Waals surface area contributed by atoms with E-state index in [9.17, 15) is 8.42 Å². The number of nitrogen functional groups attached to an aromatic ring is 1. The SMILES string of the molecule is N#Cc1cc(N)ccc1S(=O)(=O)NCC1CC(O)C1. The van der Waals surface area contributed by atoms with Gasteiger partial charge in [-0.25, -0.2) is 13.1 Å². The van der Waals surface area contributed by atoms with Crippen LogP contribution in [0.5, 0.6) is 0 Å². The largest absolute Gasteiger partial charge is 0.399 e. The van der Waals surface area contributed by atoms with E-state index in [1.807, 2.05) is 6.07 Å². The summed E-state index contributed by atoms with van der Waals surface area (Å²) in [5.74, 6) is 0.157. The van der Waals surface area contributed by atoms with Crippen LogP contribution in [0.15, 0.2) is 23.1 Å². The Morgan fingerprint density at radius 1 is 1.47 bits per heavy atom. The predicted octanol–water partition coefficient (Wildman–Crippen LogP) is 0.190. The van der Waals surface area contributed by atoms with Crippen LogP contribution in [0.1, 0.15) is 18.4 Å². The molecule has 0 heterocycles. The third kappa shape index (κ3) is 3.04. The predicted molar refractivity (Wildman–Crippen MR) is 69.5 cm³/mol. The van der Waals surface area contributed by atoms with E-state index in [0.29, 0.717) is 18.5 Å². The van der Waals surface area contributed by atoms with Crippen molar-refractivity contribution in [2.24, 2.45) is 5.92 Å². The molecule has 0 radical (unpaired) electrons. The molecule has 7 heteroatoms. The van der Waals surface area contributed by atoms with Crippen molar-refractivity contribution in [3.05, 3.63) is 23.8 Å². The molecule has 0 saturated heterocycles. The number of nitrogens with two attached hydrogens (primary N) is 1. The van der Waals surface area contributed by atoms with Gasteiger partial charge in [-0.15, -0.1) is 0 Å². The summed E-state index contributed by atoms with van der Waals surface area (Å²) in [4.78, 5) is -0.0657. The van der Waals surface area contributed by atoms with Gasteiger partial charge in [0.15, 0.2) is 0 Å². The summed E-state index contributed by atoms with van der Waals surface area (Å²) in [6.07, 6.45) is 0.894. The van der Waals surface area contributed by atoms with E-state index in [1.54, 1.807) is 0 Å². The molecule has 19 heavy (non-hydrogen) atoms. The van der Waals surface area contributed by atoms with Gasteiger partial charge in [0.1, 0.15) is 6.07 Å². The van der Waals surface area contributed by atoms with Gasteiger partial charge in [0.25, 0.3) is 0 Å². The van der Waals surface area contributed by atoms with Gasteiger partial charge < -0.3 is 10.8 Å². The molecular weight excluding hydrogens is 266 g/mol. The van der Waals surface area contributed by atoms with Gasteiger partial charge in [-0.1, -0.05) is 0 Å². The van der Waals surface area contributed by atoms with Crippen LogP contribution in [0.2, 0.25) is 0 Å². The van der Waals surface area contributed by atoms with E-state index in [1.165, 1.54) is 18.2 Å². The first kappa shape index (κ1) is 13.8. The molecule has 6 nitrogen and oxygen atoms in total. The first-order valence-corrected chi connectivity index (χ1v) is 7.38. The Morgan fingerprint density at radius 3 is 2.74 bits per heavy atom. The number of aliphatic hydroxyl groups excluding tert-OH is 1. The van der Waals surface area contributed by atoms with Crippen molar-refractivity contribution in [2.75, 3.05) is 12.3 Å². The van der Waals surface area contributed by atoms with Crippen LogP contribution >= 0.6 is 0 Å². The molecule has 0 bridgehead atoms. The lowest BCUT2D eigenvalue weighted by Gasteiger charge is -2.31. The van der Waals surface area contributed by atoms with Crippen molar-refractivity contribution in [1.29, 1.82) is 5.26 Å². The summed E-state index contributed by atoms with van der Waals surface area (Å²) in [7, 11) is -3.72. The topological polar surface area (TPSA) is 116 Å². The van der Waals surface area contributed by atoms with E-state index in [0.717, 1.165) is 0 Å². The molecule has 2 rings (SSSR count). The second-order valence-corrected chi connectivity index (χ2v) is 6.45. The summed E-state index contributed by atoms with van der Waals surface area (Å²) in [6, 6.07) is 5.93. The lowest BCUT2D eigenvalue weighted by Crippen LogP contribution is -2.38. The highest BCUT2D eigenvalue weighted by Gasteiger charge is 2.29. The lowest BCUT2D eigenvalue weighted by molar-refractivity contribution is 0.0453. The van der Waals surface area contributed by atoms with Gasteiger partial charge in [-0.05, 0) is 37.0 Å². The number of nitrogens with zero attached hydrogens (tertiary/aromatic N) is 1. The Bertz CT molecular complexity index is 616. The highest BCUT2D eigenvalue weighted by molar-refractivity contribution is 7.89. The van der Waals surface area contributed by atoms with E-state index in [2.05, 4.69) is 4.72 Å². The van der Waals surface area contributed by atoms with Crippen LogP contribution in [0.3, 0.4) is 0 Å². The Morgan fingerprint density at radius 2 is 2.16 bits per heavy atom. The maximum atomic E-state index is 12.1. The number of hydrogen-bond acceptors (Lipinski definition) is 5. The molecule has 1 saturated carbocycles. The number of rotatable bonds is 4. The molecular formula is C12H15N3O3S. The average molecular weight is 281 g/mol. The Kier molecular flexibility index (Phi) is 3.75. The van der Waals surface area contributed by atoms with E-state index in [-0.39, 0.29) is 29.0 Å². The molecule has 0 spiro atoms. The van der Waals surface area contributed by atoms with Crippen molar-refractivity contribution in [3.63, 3.8) is 0 Å². The van der Waals surface area contributed by atoms with Crippen LogP contribution in [0.4, 0.5) is 5.69 Å². The second-order valence-electron chi connectivity index (χ2n) is 4.71. The third-order valence-corrected chi connectivity index (χ3v) is 4.67. The zero-order chi connectivity index (χ0) is 14.0. The molecule has 0 atom stereocenters. The summed E-state index contributed by atoms with van der Waals surface area (Å²) >= 11 is 0. The zero-order valence-electron chi connectivity index (χ0n) is 10.2. The minimum absolute atomic E-state index is 0.0288. The van der Waals surface area contributed by atoms with Crippen LogP contribution < -0.4 is 10.5 Å². The molecule has 1 fully saturated rings. The van der Waals surface area contributed by atoms with E-state index < -0.39 is 10.0 Å². The van der Waals surface area contributed by atoms with Crippen molar-refractivity contribution >= 4 is 15.7 Å². The highest BCUT2D eigenvalue weighted by atomic mass is 32.2. The number of benzene rings is 1. The van der Waals surface area contributed by atoms with Gasteiger partial charge >= 0.3 is 0 Å². The van der Waals surface area contributed by atoms with Gasteiger partial charge in [0.05, 0.1) is 16.6 Å². The quantitative estimate of drug-likeness (QED) is 0.681. The van der Waals surface area contributed by atoms with Crippen molar-refractivity contribution in [1.82, 2.24) is 4.72 Å². The average Bonchev–Trinajstić information content (AvgIpc) is 2.32. The minimum Gasteiger partial charge on any atom is -0.399 e. The fraction of sp³-hybridized carbons (Fsp3) is 0.417. The summed E-state index contributed by atoms with van der Waals surface area (Å²) in [6.45, 7) is 0.272. The Balaban J connectivity index is 2.13. The third-order valence-electron chi connectivity index (χ3n) is 3.19. The smallest absolute Gasteiger partial charge is 0.241 e. The highest BCUT2D eigenvalue weighted by Crippen LogP contribution is 2.27. The Labute approximate surface area is 111 Å². The maximum absolute atomic E-state index is 12.1. The molecule has 1 aliphatic carbocycles. The minimum atomic E-state index is -3.72. The molecule has 1 aliphatic rings. The van der Waals surface area contributed by atoms with Gasteiger partial charge in [-0.3, -0.25) is 0 Å². The van der Waals surface area contributed by atoms with Crippen molar-refractivity contribution < 1.29 is 13.5 Å². The fourth-order valence-corrected chi connectivity index (χ4v) is 3.29. The molecule has 4 N–H and O–H groups in total. The van der Waals surface area contributed by atoms with Crippen LogP contribution in [-0.2, 0) is 10.0 Å². The number of nitrogens with one attached hydrogen (secondary N) is 1. The second kappa shape index (κ2) is 5.17. The normalized spacial score (nSPS) is 22.5. The standard InChI is InChI=1S/C12H15N3O3S/c13-6-9-5-10(14)1-2-12(9)19(17,18)15-7-8-3-11(16)4-8/h1-2,5,8,11,15-16H,3-4,7,14H2. The molecule has 0 aromatic heterocycles. The monoisotopic (exact) mass is 281 g/mol. The lowest BCUT2D eigenvalue weighted by atomic mass is 9.83. The first-order valence-electron chi connectivity index (χ1n) is 5.89. The zero-order valence-corrected chi connectivity index (χ0v) is 11.0. The van der Waals surface area contributed by atoms with Gasteiger partial charge in [0.2, 0.25) is 10.0 Å². The van der Waals surface area contributed by atoms with Crippen LogP contribution in [-0.4, -0.2) is 26.2 Å². The number of aliphatic hydroxyl groups is 1. The van der Waals surface area contributed by atoms with Crippen LogP contribution in [0, 0.1) is 17.2 Å². The van der Waals surface area contributed by atoms with Crippen LogP contribution in [0.25, 0.3) is 0 Å². The summed E-state index contributed by atoms with van der Waals surface area (Å²) < 4.78 is 26.6. The molecule has 0 aliphatic heterocycles. The maximum Gasteiger partial charge on any atom is 0.241 e. The molecule has 0 amide bonds. The van der Waals surface area contributed by atoms with Crippen molar-refractivity contribution in [2.45, 2.75) is 23.8 Å². The number of nitriles is 1. The summed E-state index contributed by atoms with van der Waals surface area (Å²) in [5, 5.41) is 18.1.